The maximum atomic E-state index is 12.8. The van der Waals surface area contributed by atoms with Crippen LogP contribution in [0.25, 0.3) is 0 Å². The lowest BCUT2D eigenvalue weighted by atomic mass is 10.0. The molecular formula is C22H28BrNO2. The molecule has 3 nitrogen and oxygen atoms in total. The number of aliphatic hydroxyl groups excluding tert-OH is 1. The quantitative estimate of drug-likeness (QED) is 0.543. The summed E-state index contributed by atoms with van der Waals surface area (Å²) in [6, 6.07) is 18.6. The van der Waals surface area contributed by atoms with Gasteiger partial charge in [-0.25, -0.2) is 0 Å². The highest BCUT2D eigenvalue weighted by molar-refractivity contribution is 9.10. The number of hydrogen-bond donors (Lipinski definition) is 1. The summed E-state index contributed by atoms with van der Waals surface area (Å²) in [5, 5.41) is 8.97. The predicted octanol–water partition coefficient (Wildman–Crippen LogP) is 5.13. The summed E-state index contributed by atoms with van der Waals surface area (Å²) < 4.78 is 1.04. The predicted molar refractivity (Wildman–Crippen MR) is 110 cm³/mol. The lowest BCUT2D eigenvalue weighted by Gasteiger charge is -2.30. The molecule has 0 aliphatic heterocycles. The van der Waals surface area contributed by atoms with Crippen molar-refractivity contribution in [2.24, 2.45) is 0 Å². The van der Waals surface area contributed by atoms with Crippen molar-refractivity contribution in [3.05, 3.63) is 70.2 Å². The molecule has 0 fully saturated rings. The van der Waals surface area contributed by atoms with Crippen LogP contribution in [0, 0.1) is 0 Å². The first-order chi connectivity index (χ1) is 12.6. The fourth-order valence-electron chi connectivity index (χ4n) is 3.09. The summed E-state index contributed by atoms with van der Waals surface area (Å²) in [6.07, 6.45) is 3.81. The number of aryl methyl sites for hydroxylation is 1. The second-order valence-corrected chi connectivity index (χ2v) is 7.50. The normalized spacial score (nSPS) is 12.0. The van der Waals surface area contributed by atoms with Crippen LogP contribution in [-0.4, -0.2) is 29.1 Å². The number of halogens is 1. The molecule has 0 aromatic heterocycles. The topological polar surface area (TPSA) is 40.5 Å². The summed E-state index contributed by atoms with van der Waals surface area (Å²) in [5.74, 6) is 0.168. The van der Waals surface area contributed by atoms with E-state index in [1.54, 1.807) is 0 Å². The molecule has 140 valence electrons. The standard InChI is InChI=1S/C22H28BrNO2/c1-18(20-12-14-21(23)15-13-20)24(22(26)11-5-6-17-25)16-7-10-19-8-3-2-4-9-19/h2-4,8-9,12-15,18,25H,5-7,10-11,16-17H2,1H3/t18-/m0/s1. The molecule has 0 bridgehead atoms. The molecule has 2 aromatic rings. The van der Waals surface area contributed by atoms with E-state index in [1.165, 1.54) is 5.56 Å². The highest BCUT2D eigenvalue weighted by Crippen LogP contribution is 2.24. The first kappa shape index (κ1) is 20.7. The van der Waals surface area contributed by atoms with Crippen molar-refractivity contribution in [3.8, 4) is 0 Å². The van der Waals surface area contributed by atoms with Gasteiger partial charge in [-0.1, -0.05) is 58.4 Å². The van der Waals surface area contributed by atoms with Gasteiger partial charge in [-0.05, 0) is 55.9 Å². The maximum Gasteiger partial charge on any atom is 0.223 e. The van der Waals surface area contributed by atoms with Crippen molar-refractivity contribution >= 4 is 21.8 Å². The molecule has 1 atom stereocenters. The van der Waals surface area contributed by atoms with E-state index >= 15 is 0 Å². The molecule has 0 unspecified atom stereocenters. The first-order valence-electron chi connectivity index (χ1n) is 9.31. The van der Waals surface area contributed by atoms with E-state index in [-0.39, 0.29) is 18.6 Å². The SMILES string of the molecule is C[C@@H](c1ccc(Br)cc1)N(CCCc1ccccc1)C(=O)CCCCO. The average molecular weight is 418 g/mol. The Kier molecular flexibility index (Phi) is 8.86. The third kappa shape index (κ3) is 6.58. The molecule has 1 N–H and O–H groups in total. The van der Waals surface area contributed by atoms with Crippen LogP contribution in [-0.2, 0) is 11.2 Å². The van der Waals surface area contributed by atoms with E-state index < -0.39 is 0 Å². The van der Waals surface area contributed by atoms with Gasteiger partial charge in [-0.3, -0.25) is 4.79 Å². The van der Waals surface area contributed by atoms with Gasteiger partial charge in [0, 0.05) is 24.0 Å². The van der Waals surface area contributed by atoms with Crippen LogP contribution < -0.4 is 0 Å². The number of amides is 1. The number of benzene rings is 2. The van der Waals surface area contributed by atoms with Gasteiger partial charge in [0.1, 0.15) is 0 Å². The van der Waals surface area contributed by atoms with Crippen LogP contribution in [0.15, 0.2) is 59.1 Å². The van der Waals surface area contributed by atoms with Crippen LogP contribution >= 0.6 is 15.9 Å². The zero-order valence-electron chi connectivity index (χ0n) is 15.4. The van der Waals surface area contributed by atoms with E-state index in [1.807, 2.05) is 23.1 Å². The van der Waals surface area contributed by atoms with Crippen molar-refractivity contribution in [1.29, 1.82) is 0 Å². The van der Waals surface area contributed by atoms with Crippen LogP contribution in [0.5, 0.6) is 0 Å². The third-order valence-electron chi connectivity index (χ3n) is 4.65. The molecule has 0 aliphatic rings. The minimum absolute atomic E-state index is 0.0421. The Morgan fingerprint density at radius 2 is 1.73 bits per heavy atom. The van der Waals surface area contributed by atoms with Gasteiger partial charge >= 0.3 is 0 Å². The van der Waals surface area contributed by atoms with Crippen molar-refractivity contribution in [1.82, 2.24) is 4.90 Å². The molecule has 4 heteroatoms. The fraction of sp³-hybridized carbons (Fsp3) is 0.409. The molecule has 0 spiro atoms. The molecule has 0 aliphatic carbocycles. The van der Waals surface area contributed by atoms with Crippen LogP contribution in [0.4, 0.5) is 0 Å². The molecule has 2 aromatic carbocycles. The Balaban J connectivity index is 2.02. The van der Waals surface area contributed by atoms with E-state index in [0.717, 1.165) is 35.8 Å². The molecule has 0 radical (unpaired) electrons. The van der Waals surface area contributed by atoms with Gasteiger partial charge in [0.2, 0.25) is 5.91 Å². The number of unbranched alkanes of at least 4 members (excludes halogenated alkanes) is 1. The van der Waals surface area contributed by atoms with Gasteiger partial charge in [-0.2, -0.15) is 0 Å². The monoisotopic (exact) mass is 417 g/mol. The van der Waals surface area contributed by atoms with Crippen LogP contribution in [0.2, 0.25) is 0 Å². The molecule has 0 saturated heterocycles. The number of hydrogen-bond acceptors (Lipinski definition) is 2. The molecular weight excluding hydrogens is 390 g/mol. The molecule has 0 saturated carbocycles. The fourth-order valence-corrected chi connectivity index (χ4v) is 3.35. The van der Waals surface area contributed by atoms with Crippen molar-refractivity contribution in [2.75, 3.05) is 13.2 Å². The third-order valence-corrected chi connectivity index (χ3v) is 5.17. The van der Waals surface area contributed by atoms with Gasteiger partial charge < -0.3 is 10.0 Å². The second-order valence-electron chi connectivity index (χ2n) is 6.58. The van der Waals surface area contributed by atoms with E-state index in [4.69, 9.17) is 5.11 Å². The Hall–Kier alpha value is -1.65. The smallest absolute Gasteiger partial charge is 0.223 e. The van der Waals surface area contributed by atoms with Crippen molar-refractivity contribution < 1.29 is 9.90 Å². The lowest BCUT2D eigenvalue weighted by Crippen LogP contribution is -2.34. The maximum absolute atomic E-state index is 12.8. The Morgan fingerprint density at radius 3 is 2.38 bits per heavy atom. The summed E-state index contributed by atoms with van der Waals surface area (Å²) >= 11 is 3.47. The Bertz CT molecular complexity index is 658. The number of rotatable bonds is 10. The molecule has 0 heterocycles. The van der Waals surface area contributed by atoms with Crippen LogP contribution in [0.1, 0.15) is 49.8 Å². The average Bonchev–Trinajstić information content (AvgIpc) is 2.66. The largest absolute Gasteiger partial charge is 0.396 e. The minimum atomic E-state index is 0.0421. The number of carbonyl (C=O) groups excluding carboxylic acids is 1. The Morgan fingerprint density at radius 1 is 1.04 bits per heavy atom. The van der Waals surface area contributed by atoms with Gasteiger partial charge in [0.15, 0.2) is 0 Å². The van der Waals surface area contributed by atoms with Crippen molar-refractivity contribution in [3.63, 3.8) is 0 Å². The summed E-state index contributed by atoms with van der Waals surface area (Å²) in [4.78, 5) is 14.8. The first-order valence-corrected chi connectivity index (χ1v) is 10.1. The van der Waals surface area contributed by atoms with E-state index in [0.29, 0.717) is 12.8 Å². The Labute approximate surface area is 165 Å². The van der Waals surface area contributed by atoms with Gasteiger partial charge in [0.25, 0.3) is 0 Å². The van der Waals surface area contributed by atoms with Crippen LogP contribution in [0.3, 0.4) is 0 Å². The minimum Gasteiger partial charge on any atom is -0.396 e. The van der Waals surface area contributed by atoms with E-state index in [2.05, 4.69) is 59.3 Å². The summed E-state index contributed by atoms with van der Waals surface area (Å²) in [5.41, 5.74) is 2.44. The number of nitrogens with zero attached hydrogens (tertiary/aromatic N) is 1. The highest BCUT2D eigenvalue weighted by Gasteiger charge is 2.20. The van der Waals surface area contributed by atoms with Gasteiger partial charge in [-0.15, -0.1) is 0 Å². The second kappa shape index (κ2) is 11.1. The zero-order chi connectivity index (χ0) is 18.8. The lowest BCUT2D eigenvalue weighted by molar-refractivity contribution is -0.133. The summed E-state index contributed by atoms with van der Waals surface area (Å²) in [7, 11) is 0. The highest BCUT2D eigenvalue weighted by atomic mass is 79.9. The molecule has 2 rings (SSSR count). The van der Waals surface area contributed by atoms with E-state index in [9.17, 15) is 4.79 Å². The molecule has 1 amide bonds. The zero-order valence-corrected chi connectivity index (χ0v) is 17.0. The van der Waals surface area contributed by atoms with Gasteiger partial charge in [0.05, 0.1) is 6.04 Å². The summed E-state index contributed by atoms with van der Waals surface area (Å²) in [6.45, 7) is 2.98. The molecule has 26 heavy (non-hydrogen) atoms. The number of aliphatic hydroxyl groups is 1. The number of carbonyl (C=O) groups is 1. The van der Waals surface area contributed by atoms with Crippen molar-refractivity contribution in [2.45, 2.75) is 45.1 Å².